The van der Waals surface area contributed by atoms with Gasteiger partial charge >= 0.3 is 6.18 Å². The van der Waals surface area contributed by atoms with E-state index in [9.17, 15) is 13.2 Å². The fraction of sp³-hybridized carbons (Fsp3) is 0.667. The Balaban J connectivity index is 0.00000441. The number of methoxy groups -OCH3 is 1. The number of guanidine groups is 1. The zero-order valence-corrected chi connectivity index (χ0v) is 15.5. The predicted octanol–water partition coefficient (Wildman–Crippen LogP) is 2.52. The van der Waals surface area contributed by atoms with Crippen LogP contribution in [0.25, 0.3) is 0 Å². The lowest BCUT2D eigenvalue weighted by molar-refractivity contribution is -0.140. The lowest BCUT2D eigenvalue weighted by Crippen LogP contribution is -2.38. The second-order valence-electron chi connectivity index (χ2n) is 4.05. The number of ether oxygens (including phenoxy) is 1. The molecule has 2 N–H and O–H groups in total. The van der Waals surface area contributed by atoms with Crippen molar-refractivity contribution in [3.05, 3.63) is 16.1 Å². The van der Waals surface area contributed by atoms with Crippen molar-refractivity contribution in [2.45, 2.75) is 19.5 Å². The molecule has 0 aliphatic carbocycles. The van der Waals surface area contributed by atoms with Crippen LogP contribution in [0.3, 0.4) is 0 Å². The summed E-state index contributed by atoms with van der Waals surface area (Å²) in [4.78, 5) is 7.82. The zero-order valence-electron chi connectivity index (χ0n) is 12.4. The van der Waals surface area contributed by atoms with Crippen LogP contribution in [0.1, 0.15) is 17.6 Å². The second kappa shape index (κ2) is 11.0. The van der Waals surface area contributed by atoms with Gasteiger partial charge in [0.1, 0.15) is 0 Å². The Bertz CT molecular complexity index is 454. The first-order chi connectivity index (χ1) is 9.97. The smallest absolute Gasteiger partial charge is 0.383 e. The Morgan fingerprint density at radius 1 is 1.41 bits per heavy atom. The maximum Gasteiger partial charge on any atom is 0.434 e. The van der Waals surface area contributed by atoms with Crippen LogP contribution in [0, 0.1) is 0 Å². The summed E-state index contributed by atoms with van der Waals surface area (Å²) in [5.41, 5.74) is -0.830. The molecule has 1 aromatic heterocycles. The van der Waals surface area contributed by atoms with E-state index in [4.69, 9.17) is 4.74 Å². The molecule has 0 aromatic carbocycles. The van der Waals surface area contributed by atoms with Crippen molar-refractivity contribution in [1.82, 2.24) is 15.6 Å². The van der Waals surface area contributed by atoms with Crippen LogP contribution in [0.5, 0.6) is 0 Å². The number of aromatic nitrogens is 1. The fourth-order valence-electron chi connectivity index (χ4n) is 1.43. The number of nitrogens with one attached hydrogen (secondary N) is 2. The van der Waals surface area contributed by atoms with E-state index in [1.807, 2.05) is 6.92 Å². The molecular weight excluding hydrogens is 432 g/mol. The summed E-state index contributed by atoms with van der Waals surface area (Å²) >= 11 is 1.01. The van der Waals surface area contributed by atoms with E-state index in [2.05, 4.69) is 20.6 Å². The monoisotopic (exact) mass is 452 g/mol. The third-order valence-corrected chi connectivity index (χ3v) is 3.29. The third-order valence-electron chi connectivity index (χ3n) is 2.38. The van der Waals surface area contributed by atoms with Crippen LogP contribution in [0.4, 0.5) is 13.2 Å². The molecule has 0 atom stereocenters. The lowest BCUT2D eigenvalue weighted by atomic mass is 10.4. The normalized spacial score (nSPS) is 12.0. The molecule has 0 radical (unpaired) electrons. The Labute approximate surface area is 148 Å². The van der Waals surface area contributed by atoms with Gasteiger partial charge in [-0.05, 0) is 6.92 Å². The van der Waals surface area contributed by atoms with Crippen LogP contribution in [-0.2, 0) is 17.3 Å². The first-order valence-electron chi connectivity index (χ1n) is 6.50. The molecule has 0 unspecified atom stereocenters. The van der Waals surface area contributed by atoms with Crippen LogP contribution < -0.4 is 10.6 Å². The number of halogens is 4. The van der Waals surface area contributed by atoms with Gasteiger partial charge in [-0.25, -0.2) is 4.98 Å². The standard InChI is InChI=1S/C12H19F3N4OS.HI/c1-3-16-11(18-6-7-20-2)17-5-4-10-19-9(8-21-10)12(13,14)15;/h8H,3-7H2,1-2H3,(H2,16,17,18);1H. The minimum Gasteiger partial charge on any atom is -0.383 e. The molecule has 0 saturated carbocycles. The fourth-order valence-corrected chi connectivity index (χ4v) is 2.24. The highest BCUT2D eigenvalue weighted by molar-refractivity contribution is 14.0. The van der Waals surface area contributed by atoms with Crippen LogP contribution in [0.2, 0.25) is 0 Å². The van der Waals surface area contributed by atoms with Gasteiger partial charge in [-0.15, -0.1) is 35.3 Å². The van der Waals surface area contributed by atoms with Gasteiger partial charge in [0.15, 0.2) is 11.7 Å². The molecule has 10 heteroatoms. The molecule has 0 saturated heterocycles. The quantitative estimate of drug-likeness (QED) is 0.289. The van der Waals surface area contributed by atoms with Crippen LogP contribution >= 0.6 is 35.3 Å². The molecule has 22 heavy (non-hydrogen) atoms. The van der Waals surface area contributed by atoms with Crippen molar-refractivity contribution in [2.75, 3.05) is 33.4 Å². The molecular formula is C12H20F3IN4OS. The number of nitrogens with zero attached hydrogens (tertiary/aromatic N) is 2. The summed E-state index contributed by atoms with van der Waals surface area (Å²) in [6, 6.07) is 0. The topological polar surface area (TPSA) is 58.5 Å². The van der Waals surface area contributed by atoms with Gasteiger partial charge in [0, 0.05) is 32.0 Å². The molecule has 1 aromatic rings. The minimum atomic E-state index is -4.38. The van der Waals surface area contributed by atoms with Crippen molar-refractivity contribution < 1.29 is 17.9 Å². The van der Waals surface area contributed by atoms with E-state index in [0.717, 1.165) is 16.7 Å². The highest BCUT2D eigenvalue weighted by Crippen LogP contribution is 2.29. The highest BCUT2D eigenvalue weighted by atomic mass is 127. The van der Waals surface area contributed by atoms with Gasteiger partial charge in [-0.1, -0.05) is 0 Å². The molecule has 1 heterocycles. The highest BCUT2D eigenvalue weighted by Gasteiger charge is 2.33. The molecule has 128 valence electrons. The van der Waals surface area contributed by atoms with Crippen molar-refractivity contribution in [3.63, 3.8) is 0 Å². The van der Waals surface area contributed by atoms with Gasteiger partial charge < -0.3 is 15.4 Å². The van der Waals surface area contributed by atoms with Crippen molar-refractivity contribution in [2.24, 2.45) is 4.99 Å². The number of hydrogen-bond acceptors (Lipinski definition) is 4. The number of rotatable bonds is 7. The summed E-state index contributed by atoms with van der Waals surface area (Å²) in [7, 11) is 1.59. The molecule has 0 fully saturated rings. The molecule has 5 nitrogen and oxygen atoms in total. The maximum absolute atomic E-state index is 12.4. The maximum atomic E-state index is 12.4. The summed E-state index contributed by atoms with van der Waals surface area (Å²) in [6.07, 6.45) is -3.96. The average Bonchev–Trinajstić information content (AvgIpc) is 2.88. The molecule has 1 rings (SSSR count). The van der Waals surface area contributed by atoms with E-state index in [-0.39, 0.29) is 24.0 Å². The first-order valence-corrected chi connectivity index (χ1v) is 7.38. The molecule has 0 amide bonds. The van der Waals surface area contributed by atoms with Crippen molar-refractivity contribution in [3.8, 4) is 0 Å². The number of thiazole rings is 1. The van der Waals surface area contributed by atoms with E-state index >= 15 is 0 Å². The minimum absolute atomic E-state index is 0. The number of alkyl halides is 3. The average molecular weight is 452 g/mol. The second-order valence-corrected chi connectivity index (χ2v) is 5.00. The Morgan fingerprint density at radius 3 is 2.68 bits per heavy atom. The van der Waals surface area contributed by atoms with Crippen LogP contribution in [-0.4, -0.2) is 44.3 Å². The third kappa shape index (κ3) is 8.13. The lowest BCUT2D eigenvalue weighted by Gasteiger charge is -2.10. The summed E-state index contributed by atoms with van der Waals surface area (Å²) < 4.78 is 42.1. The van der Waals surface area contributed by atoms with Crippen LogP contribution in [0.15, 0.2) is 10.4 Å². The summed E-state index contributed by atoms with van der Waals surface area (Å²) in [6.45, 7) is 4.13. The molecule has 0 aliphatic rings. The van der Waals surface area contributed by atoms with Crippen molar-refractivity contribution >= 4 is 41.3 Å². The van der Waals surface area contributed by atoms with Crippen molar-refractivity contribution in [1.29, 1.82) is 0 Å². The molecule has 0 aliphatic heterocycles. The molecule has 0 bridgehead atoms. The summed E-state index contributed by atoms with van der Waals surface area (Å²) in [5.74, 6) is 0.613. The molecule has 0 spiro atoms. The Kier molecular flexibility index (Phi) is 10.7. The van der Waals surface area contributed by atoms with Gasteiger partial charge in [0.2, 0.25) is 0 Å². The van der Waals surface area contributed by atoms with Gasteiger partial charge in [-0.2, -0.15) is 13.2 Å². The summed E-state index contributed by atoms with van der Waals surface area (Å²) in [5, 5.41) is 7.57. The predicted molar refractivity (Wildman–Crippen MR) is 92.1 cm³/mol. The SMILES string of the molecule is CCNC(=NCCOC)NCCc1nc(C(F)(F)F)cs1.I. The first kappa shape index (κ1) is 21.4. The van der Waals surface area contributed by atoms with E-state index < -0.39 is 11.9 Å². The van der Waals surface area contributed by atoms with E-state index in [1.165, 1.54) is 0 Å². The Hall–Kier alpha value is -0.620. The van der Waals surface area contributed by atoms with E-state index in [1.54, 1.807) is 7.11 Å². The number of aliphatic imine (C=N–C) groups is 1. The number of hydrogen-bond donors (Lipinski definition) is 2. The van der Waals surface area contributed by atoms with Gasteiger partial charge in [-0.3, -0.25) is 4.99 Å². The zero-order chi connectivity index (χ0) is 15.7. The largest absolute Gasteiger partial charge is 0.434 e. The van der Waals surface area contributed by atoms with Gasteiger partial charge in [0.05, 0.1) is 18.2 Å². The van der Waals surface area contributed by atoms with Gasteiger partial charge in [0.25, 0.3) is 0 Å². The van der Waals surface area contributed by atoms with E-state index in [0.29, 0.717) is 43.6 Å². The Morgan fingerprint density at radius 2 is 2.14 bits per heavy atom.